The van der Waals surface area contributed by atoms with E-state index < -0.39 is 11.0 Å². The second-order valence-corrected chi connectivity index (χ2v) is 13.5. The van der Waals surface area contributed by atoms with E-state index in [0.717, 1.165) is 34.5 Å². The number of benzene rings is 2. The van der Waals surface area contributed by atoms with E-state index in [4.69, 9.17) is 14.2 Å². The second kappa shape index (κ2) is 16.9. The van der Waals surface area contributed by atoms with E-state index in [1.54, 1.807) is 18.9 Å². The molecule has 0 saturated carbocycles. The molecule has 0 fully saturated rings. The number of amides is 2. The van der Waals surface area contributed by atoms with Crippen LogP contribution in [0.5, 0.6) is 0 Å². The van der Waals surface area contributed by atoms with Gasteiger partial charge < -0.3 is 24.4 Å². The molecule has 3 aromatic rings. The van der Waals surface area contributed by atoms with Gasteiger partial charge in [0.1, 0.15) is 11.5 Å². The predicted molar refractivity (Wildman–Crippen MR) is 185 cm³/mol. The fraction of sp³-hybridized carbons (Fsp3) is 0.541. The van der Waals surface area contributed by atoms with Gasteiger partial charge in [0, 0.05) is 62.8 Å². The van der Waals surface area contributed by atoms with Gasteiger partial charge in [0.05, 0.1) is 36.7 Å². The van der Waals surface area contributed by atoms with Gasteiger partial charge in [-0.2, -0.15) is 0 Å². The van der Waals surface area contributed by atoms with Gasteiger partial charge in [-0.3, -0.25) is 14.4 Å². The molecular weight excluding hydrogens is 610 g/mol. The molecule has 260 valence electrons. The van der Waals surface area contributed by atoms with E-state index in [2.05, 4.69) is 15.6 Å². The number of Topliss-reactive ketones (excluding diaryl/α,β-unsaturated/α-hetero) is 1. The monoisotopic (exact) mass is 661 g/mol. The third-order valence-corrected chi connectivity index (χ3v) is 8.97. The Hall–Kier alpha value is -3.93. The van der Waals surface area contributed by atoms with Crippen LogP contribution in [0.25, 0.3) is 22.5 Å². The van der Waals surface area contributed by atoms with Crippen LogP contribution in [0.2, 0.25) is 0 Å². The highest BCUT2D eigenvalue weighted by molar-refractivity contribution is 6.01. The van der Waals surface area contributed by atoms with Crippen molar-refractivity contribution in [1.29, 1.82) is 0 Å². The molecule has 2 aromatic carbocycles. The first kappa shape index (κ1) is 36.9. The van der Waals surface area contributed by atoms with Crippen molar-refractivity contribution in [3.05, 3.63) is 54.1 Å². The molecule has 0 radical (unpaired) electrons. The summed E-state index contributed by atoms with van der Waals surface area (Å²) in [6.07, 6.45) is 2.13. The van der Waals surface area contributed by atoms with E-state index in [9.17, 15) is 14.4 Å². The Morgan fingerprint density at radius 2 is 1.62 bits per heavy atom. The Bertz CT molecular complexity index is 1550. The lowest BCUT2D eigenvalue weighted by Gasteiger charge is -2.29. The zero-order chi connectivity index (χ0) is 34.7. The molecule has 4 rings (SSSR count). The minimum absolute atomic E-state index is 0.0605. The summed E-state index contributed by atoms with van der Waals surface area (Å²) < 4.78 is 18.7. The topological polar surface area (TPSA) is 125 Å². The number of rotatable bonds is 18. The summed E-state index contributed by atoms with van der Waals surface area (Å²) in [6, 6.07) is 15.8. The number of hydrogen-bond donors (Lipinski definition) is 1. The van der Waals surface area contributed by atoms with Crippen molar-refractivity contribution < 1.29 is 28.6 Å². The van der Waals surface area contributed by atoms with Crippen molar-refractivity contribution >= 4 is 23.3 Å². The molecule has 0 unspecified atom stereocenters. The number of aromatic nitrogens is 3. The molecule has 48 heavy (non-hydrogen) atoms. The number of carbonyl (C=O) groups excluding carboxylic acids is 3. The van der Waals surface area contributed by atoms with Crippen molar-refractivity contribution in [2.75, 3.05) is 45.0 Å². The van der Waals surface area contributed by atoms with Gasteiger partial charge in [0.2, 0.25) is 11.8 Å². The maximum Gasteiger partial charge on any atom is 0.227 e. The standard InChI is InChI=1S/C37H51N5O6/c1-27(43)36(2,3)19-23-48-37(4,5)18-20-38-32(44)16-17-33(45)41-26-28-12-7-8-13-29(28)35-34(30-14-9-10-15-31(30)41)39-40-42(35)21-11-22-47-25-24-46-6/h7-10,12-15H,11,16-26H2,1-6H3,(H,38,44). The number of nitrogens with zero attached hydrogens (tertiary/aromatic N) is 4. The molecule has 2 heterocycles. The average Bonchev–Trinajstić information content (AvgIpc) is 3.46. The third kappa shape index (κ3) is 9.81. The summed E-state index contributed by atoms with van der Waals surface area (Å²) in [5, 5.41) is 12.1. The van der Waals surface area contributed by atoms with E-state index in [1.807, 2.05) is 80.9 Å². The molecule has 0 atom stereocenters. The van der Waals surface area contributed by atoms with E-state index in [-0.39, 0.29) is 30.4 Å². The third-order valence-electron chi connectivity index (χ3n) is 8.97. The zero-order valence-corrected chi connectivity index (χ0v) is 29.3. The first-order valence-electron chi connectivity index (χ1n) is 16.8. The van der Waals surface area contributed by atoms with Gasteiger partial charge in [-0.05, 0) is 51.7 Å². The number of nitrogens with one attached hydrogen (secondary N) is 1. The molecule has 1 aliphatic rings. The van der Waals surface area contributed by atoms with Gasteiger partial charge in [-0.1, -0.05) is 61.5 Å². The number of hydrogen-bond acceptors (Lipinski definition) is 8. The first-order valence-corrected chi connectivity index (χ1v) is 16.8. The Morgan fingerprint density at radius 3 is 2.38 bits per heavy atom. The maximum absolute atomic E-state index is 13.8. The van der Waals surface area contributed by atoms with Crippen molar-refractivity contribution in [3.8, 4) is 22.5 Å². The van der Waals surface area contributed by atoms with Crippen molar-refractivity contribution in [3.63, 3.8) is 0 Å². The Morgan fingerprint density at radius 1 is 0.896 bits per heavy atom. The molecule has 2 amide bonds. The highest BCUT2D eigenvalue weighted by Crippen LogP contribution is 2.41. The molecule has 11 nitrogen and oxygen atoms in total. The molecule has 1 N–H and O–H groups in total. The van der Waals surface area contributed by atoms with Crippen molar-refractivity contribution in [2.24, 2.45) is 5.41 Å². The lowest BCUT2D eigenvalue weighted by Crippen LogP contribution is -2.35. The van der Waals surface area contributed by atoms with E-state index in [1.165, 1.54) is 0 Å². The highest BCUT2D eigenvalue weighted by Gasteiger charge is 2.29. The van der Waals surface area contributed by atoms with Crippen LogP contribution in [0.15, 0.2) is 48.5 Å². The van der Waals surface area contributed by atoms with E-state index in [0.29, 0.717) is 64.6 Å². The van der Waals surface area contributed by atoms with Gasteiger partial charge in [0.15, 0.2) is 0 Å². The summed E-state index contributed by atoms with van der Waals surface area (Å²) in [5.41, 5.74) is 4.23. The van der Waals surface area contributed by atoms with Crippen LogP contribution < -0.4 is 10.2 Å². The van der Waals surface area contributed by atoms with E-state index >= 15 is 0 Å². The van der Waals surface area contributed by atoms with Crippen LogP contribution in [-0.2, 0) is 41.7 Å². The average molecular weight is 662 g/mol. The summed E-state index contributed by atoms with van der Waals surface area (Å²) >= 11 is 0. The zero-order valence-electron chi connectivity index (χ0n) is 29.3. The first-order chi connectivity index (χ1) is 22.9. The fourth-order valence-corrected chi connectivity index (χ4v) is 5.53. The van der Waals surface area contributed by atoms with Crippen LogP contribution in [0.4, 0.5) is 5.69 Å². The summed E-state index contributed by atoms with van der Waals surface area (Å²) in [5.74, 6) is -0.194. The lowest BCUT2D eigenvalue weighted by molar-refractivity contribution is -0.127. The molecule has 1 aromatic heterocycles. The predicted octanol–water partition coefficient (Wildman–Crippen LogP) is 5.60. The SMILES string of the molecule is COCCOCCCn1nnc2c1-c1ccccc1CN(C(=O)CCC(=O)NCCC(C)(C)OCCC(C)(C)C(C)=O)c1ccccc1-2. The van der Waals surface area contributed by atoms with Gasteiger partial charge in [0.25, 0.3) is 0 Å². The Balaban J connectivity index is 1.40. The molecule has 0 bridgehead atoms. The highest BCUT2D eigenvalue weighted by atomic mass is 16.5. The maximum atomic E-state index is 13.8. The summed E-state index contributed by atoms with van der Waals surface area (Å²) in [4.78, 5) is 40.2. The second-order valence-electron chi connectivity index (χ2n) is 13.5. The van der Waals surface area contributed by atoms with Crippen LogP contribution in [-0.4, -0.2) is 78.3 Å². The van der Waals surface area contributed by atoms with Crippen LogP contribution >= 0.6 is 0 Å². The van der Waals surface area contributed by atoms with Gasteiger partial charge in [-0.15, -0.1) is 5.10 Å². The number of carbonyl (C=O) groups is 3. The summed E-state index contributed by atoms with van der Waals surface area (Å²) in [6.45, 7) is 12.9. The van der Waals surface area contributed by atoms with Crippen LogP contribution in [0.3, 0.4) is 0 Å². The number of anilines is 1. The number of aryl methyl sites for hydroxylation is 1. The van der Waals surface area contributed by atoms with Crippen LogP contribution in [0.1, 0.15) is 72.3 Å². The minimum atomic E-state index is -0.462. The molecule has 1 aliphatic heterocycles. The Kier molecular flexibility index (Phi) is 13.0. The number of fused-ring (bicyclic) bond motifs is 5. The smallest absolute Gasteiger partial charge is 0.227 e. The number of para-hydroxylation sites is 1. The molecule has 0 aliphatic carbocycles. The van der Waals surface area contributed by atoms with Crippen LogP contribution in [0, 0.1) is 5.41 Å². The fourth-order valence-electron chi connectivity index (χ4n) is 5.53. The minimum Gasteiger partial charge on any atom is -0.382 e. The molecule has 11 heteroatoms. The molecular formula is C37H51N5O6. The number of ketones is 1. The number of ether oxygens (including phenoxy) is 3. The van der Waals surface area contributed by atoms with Gasteiger partial charge >= 0.3 is 0 Å². The van der Waals surface area contributed by atoms with Crippen molar-refractivity contribution in [1.82, 2.24) is 20.3 Å². The largest absolute Gasteiger partial charge is 0.382 e. The van der Waals surface area contributed by atoms with Crippen molar-refractivity contribution in [2.45, 2.75) is 85.4 Å². The lowest BCUT2D eigenvalue weighted by atomic mass is 9.86. The van der Waals surface area contributed by atoms with Gasteiger partial charge in [-0.25, -0.2) is 4.68 Å². The molecule has 0 saturated heterocycles. The number of methoxy groups -OCH3 is 1. The summed E-state index contributed by atoms with van der Waals surface area (Å²) in [7, 11) is 1.65. The Labute approximate surface area is 284 Å². The quantitative estimate of drug-likeness (QED) is 0.175. The molecule has 0 spiro atoms. The normalized spacial score (nSPS) is 12.8.